The number of aromatic nitrogens is 6. The van der Waals surface area contributed by atoms with Gasteiger partial charge in [0.2, 0.25) is 34.4 Å². The van der Waals surface area contributed by atoms with E-state index in [0.717, 1.165) is 48.5 Å². The first-order valence-electron chi connectivity index (χ1n) is 26.6. The van der Waals surface area contributed by atoms with Crippen molar-refractivity contribution in [2.45, 2.75) is 39.2 Å². The standard InChI is InChI=1S/C52H34Cl2N14O26S8.2Na/c53-47-59-49(63-51(61-47)57-43-41(101(89,90)91)15-21-9-27(5-7-31(21)45(43)69)65-67-35-19-33-23(13-39(35)99(83,84)85)11-29(95(71,72)73)17-37(33)97(77,78)79)55-25-1-2-26(4-3-25)56-50-60-48(54)62-52(64-50)58-44-42(102(92,93)94)16-22-10-28(6-8-32(22)46(44)70)66-68-36-20-34-24(14-40(36)100(86,87)88)12-30(96(74,75)76)18-38(34)98(80,81)82;;/h1-20,69-70H,(H,71,72,73)(H,74,75,76)(H,77,78,79)(H,80,81,82)(H,83,84,85)(H,86,87,88)(H,89,90,91)(H,92,93,94)(H2,55,57,59,61,63)(H2,56,58,60,62,64);;/q;2*+1/p-2. The van der Waals surface area contributed by atoms with Crippen LogP contribution in [-0.2, 0) is 80.9 Å². The Morgan fingerprint density at radius 1 is 0.308 bits per heavy atom. The van der Waals surface area contributed by atoms with E-state index >= 15 is 0 Å². The van der Waals surface area contributed by atoms with E-state index in [1.807, 2.05) is 0 Å². The number of anilines is 8. The van der Waals surface area contributed by atoms with Crippen molar-refractivity contribution in [2.24, 2.45) is 20.5 Å². The third-order valence-electron chi connectivity index (χ3n) is 13.9. The van der Waals surface area contributed by atoms with Gasteiger partial charge in [0.25, 0.3) is 80.9 Å². The molecule has 0 spiro atoms. The summed E-state index contributed by atoms with van der Waals surface area (Å²) >= 11 is 12.4. The molecule has 52 heteroatoms. The molecular formula is C52H32Cl2N14Na2O26S8. The van der Waals surface area contributed by atoms with Crippen LogP contribution in [0.3, 0.4) is 0 Å². The van der Waals surface area contributed by atoms with Crippen molar-refractivity contribution in [1.82, 2.24) is 29.9 Å². The molecule has 12 N–H and O–H groups in total. The molecule has 40 nitrogen and oxygen atoms in total. The largest absolute Gasteiger partial charge is 1.00 e. The zero-order valence-electron chi connectivity index (χ0n) is 51.0. The molecule has 0 aliphatic carbocycles. The predicted octanol–water partition coefficient (Wildman–Crippen LogP) is 1.91. The van der Waals surface area contributed by atoms with Gasteiger partial charge in [-0.25, -0.2) is 0 Å². The zero-order chi connectivity index (χ0) is 74.5. The molecule has 0 fully saturated rings. The predicted molar refractivity (Wildman–Crippen MR) is 351 cm³/mol. The van der Waals surface area contributed by atoms with E-state index in [0.29, 0.717) is 48.5 Å². The van der Waals surface area contributed by atoms with Crippen molar-refractivity contribution < 1.29 is 173 Å². The topological polar surface area (TPSA) is 656 Å². The van der Waals surface area contributed by atoms with Crippen LogP contribution in [0.4, 0.5) is 69.3 Å². The van der Waals surface area contributed by atoms with E-state index in [-0.39, 0.29) is 115 Å². The minimum atomic E-state index is -5.34. The Balaban J connectivity index is 0.00000627. The number of nitrogens with zero attached hydrogens (tertiary/aromatic N) is 10. The summed E-state index contributed by atoms with van der Waals surface area (Å²) < 4.78 is 278. The van der Waals surface area contributed by atoms with Gasteiger partial charge in [-0.3, -0.25) is 36.4 Å². The number of hydrogen-bond acceptors (Lipinski definition) is 32. The average molecular weight is 1640 g/mol. The second kappa shape index (κ2) is 29.0. The normalized spacial score (nSPS) is 12.8. The van der Waals surface area contributed by atoms with Gasteiger partial charge < -0.3 is 31.5 Å². The van der Waals surface area contributed by atoms with Crippen LogP contribution in [0.15, 0.2) is 181 Å². The van der Waals surface area contributed by atoms with Crippen LogP contribution in [0, 0.1) is 0 Å². The van der Waals surface area contributed by atoms with Gasteiger partial charge >= 0.3 is 59.1 Å². The summed E-state index contributed by atoms with van der Waals surface area (Å²) in [6.45, 7) is 0. The molecule has 11 rings (SSSR count). The van der Waals surface area contributed by atoms with Crippen molar-refractivity contribution in [1.29, 1.82) is 0 Å². The van der Waals surface area contributed by atoms with Crippen LogP contribution in [0.2, 0.25) is 10.6 Å². The Morgan fingerprint density at radius 2 is 0.596 bits per heavy atom. The monoisotopic (exact) mass is 1640 g/mol. The van der Waals surface area contributed by atoms with Crippen molar-refractivity contribution in [3.63, 3.8) is 0 Å². The van der Waals surface area contributed by atoms with Crippen molar-refractivity contribution >= 4 is 217 Å². The number of halogens is 2. The summed E-state index contributed by atoms with van der Waals surface area (Å²) in [6.07, 6.45) is 0. The maximum Gasteiger partial charge on any atom is 1.00 e. The van der Waals surface area contributed by atoms with Crippen molar-refractivity contribution in [3.05, 3.63) is 132 Å². The molecule has 2 aromatic heterocycles. The summed E-state index contributed by atoms with van der Waals surface area (Å²) in [4.78, 5) is 15.2. The van der Waals surface area contributed by atoms with E-state index in [1.54, 1.807) is 0 Å². The molecule has 0 radical (unpaired) electrons. The number of rotatable bonds is 20. The van der Waals surface area contributed by atoms with E-state index < -0.39 is 198 Å². The van der Waals surface area contributed by atoms with Gasteiger partial charge in [-0.2, -0.15) is 107 Å². The van der Waals surface area contributed by atoms with E-state index in [4.69, 9.17) is 23.2 Å². The molecule has 0 atom stereocenters. The number of nitrogens with one attached hydrogen (secondary N) is 4. The Bertz CT molecular complexity index is 6190. The van der Waals surface area contributed by atoms with Crippen LogP contribution in [-0.4, -0.2) is 134 Å². The van der Waals surface area contributed by atoms with Gasteiger partial charge in [0.05, 0.1) is 32.5 Å². The second-order valence-electron chi connectivity index (χ2n) is 20.7. The molecule has 2 heterocycles. The maximum atomic E-state index is 14.0. The molecular weight excluding hydrogens is 1610 g/mol. The molecule has 0 aliphatic rings. The van der Waals surface area contributed by atoms with Crippen LogP contribution >= 0.6 is 23.2 Å². The Labute approximate surface area is 637 Å². The summed E-state index contributed by atoms with van der Waals surface area (Å²) in [7, 11) is -42.2. The molecule has 0 amide bonds. The van der Waals surface area contributed by atoms with Gasteiger partial charge in [-0.05, 0) is 165 Å². The molecule has 0 saturated heterocycles. The summed E-state index contributed by atoms with van der Waals surface area (Å²) in [5.41, 5.74) is -3.42. The summed E-state index contributed by atoms with van der Waals surface area (Å²) in [6, 6.07) is 18.1. The second-order valence-corrected chi connectivity index (χ2v) is 32.5. The van der Waals surface area contributed by atoms with E-state index in [1.165, 1.54) is 24.3 Å². The minimum Gasteiger partial charge on any atom is -0.871 e. The van der Waals surface area contributed by atoms with Gasteiger partial charge in [0.1, 0.15) is 40.7 Å². The third kappa shape index (κ3) is 17.7. The fourth-order valence-electron chi connectivity index (χ4n) is 9.64. The summed E-state index contributed by atoms with van der Waals surface area (Å²) in [5.74, 6) is -4.05. The summed E-state index contributed by atoms with van der Waals surface area (Å²) in [5, 5.41) is 49.3. The first-order valence-corrected chi connectivity index (χ1v) is 38.9. The average Bonchev–Trinajstić information content (AvgIpc) is 0.767. The molecule has 530 valence electrons. The SMILES string of the molecule is O=S(=O)(O)c1cc(S(=O)(=O)O)c2cc(N=Nc3ccc4c([O-])c(Nc5nc(Cl)nc(Nc6ccc(Nc7nc(Cl)nc(Nc8c(S(=O)(=O)O)cc9cc(N=Nc%10cc%11c(S(=O)(=O)O)cc(S(=O)(=O)O)cc%11cc%10S(=O)(=O)O)ccc9c8[O-])n7)cc6)n5)c(S(=O)(=O)O)cc4c3)c(S(=O)(=O)O)cc2c1.[Na+].[Na+]. The molecule has 104 heavy (non-hydrogen) atoms. The number of hydrogen-bond donors (Lipinski definition) is 12. The Morgan fingerprint density at radius 3 is 0.894 bits per heavy atom. The first-order chi connectivity index (χ1) is 47.1. The molecule has 0 unspecified atom stereocenters. The zero-order valence-corrected chi connectivity index (χ0v) is 63.0. The molecule has 0 bridgehead atoms. The van der Waals surface area contributed by atoms with Crippen LogP contribution in [0.1, 0.15) is 0 Å². The Kier molecular flexibility index (Phi) is 22.3. The Hall–Kier alpha value is -8.10. The number of fused-ring (bicyclic) bond motifs is 4. The quantitative estimate of drug-likeness (QED) is 0.0294. The fourth-order valence-corrected chi connectivity index (χ4v) is 15.3. The van der Waals surface area contributed by atoms with Gasteiger partial charge in [-0.1, -0.05) is 23.6 Å². The van der Waals surface area contributed by atoms with Crippen molar-refractivity contribution in [3.8, 4) is 11.5 Å². The maximum absolute atomic E-state index is 14.0. The van der Waals surface area contributed by atoms with Gasteiger partial charge in [0.15, 0.2) is 0 Å². The van der Waals surface area contributed by atoms with Crippen molar-refractivity contribution in [2.75, 3.05) is 21.3 Å². The number of benzene rings is 9. The van der Waals surface area contributed by atoms with E-state index in [2.05, 4.69) is 71.6 Å². The van der Waals surface area contributed by atoms with Gasteiger partial charge in [0, 0.05) is 22.1 Å². The van der Waals surface area contributed by atoms with Crippen LogP contribution < -0.4 is 90.6 Å². The third-order valence-corrected chi connectivity index (χ3v) is 21.2. The van der Waals surface area contributed by atoms with E-state index in [9.17, 15) is 114 Å². The molecule has 0 saturated carbocycles. The van der Waals surface area contributed by atoms with Crippen LogP contribution in [0.25, 0.3) is 43.1 Å². The molecule has 9 aromatic carbocycles. The fraction of sp³-hybridized carbons (Fsp3) is 0. The van der Waals surface area contributed by atoms with Gasteiger partial charge in [-0.15, -0.1) is 10.2 Å². The first kappa shape index (κ1) is 80.0. The van der Waals surface area contributed by atoms with Crippen LogP contribution in [0.5, 0.6) is 11.5 Å². The molecule has 11 aromatic rings. The number of azo groups is 2. The smallest absolute Gasteiger partial charge is 0.871 e. The minimum absolute atomic E-state index is 0. The molecule has 0 aliphatic heterocycles.